The molecule has 4 heterocycles. The Bertz CT molecular complexity index is 1490. The molecule has 5 aromatic rings. The lowest BCUT2D eigenvalue weighted by atomic mass is 9.97. The predicted molar refractivity (Wildman–Crippen MR) is 125 cm³/mol. The molecule has 10 heteroatoms. The van der Waals surface area contributed by atoms with Crippen molar-refractivity contribution in [2.45, 2.75) is 12.2 Å². The predicted octanol–water partition coefficient (Wildman–Crippen LogP) is 6.03. The maximum absolute atomic E-state index is 14.7. The fourth-order valence-electron chi connectivity index (χ4n) is 3.99. The second-order valence-corrected chi connectivity index (χ2v) is 8.01. The molecule has 0 bridgehead atoms. The molecule has 0 spiro atoms. The minimum Gasteiger partial charge on any atom is -0.342 e. The summed E-state index contributed by atoms with van der Waals surface area (Å²) in [4.78, 5) is 22.2. The van der Waals surface area contributed by atoms with E-state index in [9.17, 15) is 13.2 Å². The van der Waals surface area contributed by atoms with Crippen molar-refractivity contribution < 1.29 is 13.2 Å². The summed E-state index contributed by atoms with van der Waals surface area (Å²) >= 11 is 6.33. The summed E-state index contributed by atoms with van der Waals surface area (Å²) in [7, 11) is 1.34. The molecule has 0 saturated heterocycles. The molecular weight excluding hydrogens is 465 g/mol. The molecule has 34 heavy (non-hydrogen) atoms. The van der Waals surface area contributed by atoms with Gasteiger partial charge in [0.2, 0.25) is 0 Å². The van der Waals surface area contributed by atoms with E-state index in [1.807, 2.05) is 0 Å². The molecule has 0 fully saturated rings. The van der Waals surface area contributed by atoms with Gasteiger partial charge in [-0.1, -0.05) is 23.7 Å². The van der Waals surface area contributed by atoms with E-state index in [0.717, 1.165) is 4.90 Å². The van der Waals surface area contributed by atoms with Gasteiger partial charge in [-0.15, -0.1) is 0 Å². The van der Waals surface area contributed by atoms with Gasteiger partial charge in [0.05, 0.1) is 21.7 Å². The Hall–Kier alpha value is -3.85. The maximum Gasteiger partial charge on any atom is 0.413 e. The third-order valence-electron chi connectivity index (χ3n) is 5.46. The zero-order valence-electron chi connectivity index (χ0n) is 17.7. The molecule has 6 nitrogen and oxygen atoms in total. The normalized spacial score (nSPS) is 12.7. The fraction of sp³-hybridized carbons (Fsp3) is 0.125. The van der Waals surface area contributed by atoms with Crippen LogP contribution in [0.15, 0.2) is 73.4 Å². The van der Waals surface area contributed by atoms with Gasteiger partial charge in [0, 0.05) is 42.2 Å². The van der Waals surface area contributed by atoms with Gasteiger partial charge in [0.25, 0.3) is 0 Å². The molecule has 0 aliphatic heterocycles. The molecule has 0 radical (unpaired) electrons. The summed E-state index contributed by atoms with van der Waals surface area (Å²) in [6, 6.07) is 11.0. The van der Waals surface area contributed by atoms with Crippen molar-refractivity contribution in [2.75, 3.05) is 11.9 Å². The summed E-state index contributed by atoms with van der Waals surface area (Å²) in [6.45, 7) is 0. The first-order valence-corrected chi connectivity index (χ1v) is 10.6. The number of benzene rings is 1. The molecule has 0 aliphatic rings. The van der Waals surface area contributed by atoms with Crippen molar-refractivity contribution in [3.8, 4) is 11.3 Å². The number of fused-ring (bicyclic) bond motifs is 2. The van der Waals surface area contributed by atoms with Crippen molar-refractivity contribution in [1.29, 1.82) is 0 Å². The van der Waals surface area contributed by atoms with Gasteiger partial charge in [-0.2, -0.15) is 13.2 Å². The van der Waals surface area contributed by atoms with Gasteiger partial charge in [0.1, 0.15) is 11.8 Å². The van der Waals surface area contributed by atoms with E-state index < -0.39 is 12.2 Å². The summed E-state index contributed by atoms with van der Waals surface area (Å²) < 4.78 is 44.2. The Morgan fingerprint density at radius 1 is 0.941 bits per heavy atom. The first kappa shape index (κ1) is 22.0. The second-order valence-electron chi connectivity index (χ2n) is 7.60. The van der Waals surface area contributed by atoms with Crippen LogP contribution in [0.4, 0.5) is 19.0 Å². The average molecular weight is 481 g/mol. The standard InChI is InChI=1S/C24H16ClF3N6/c1-34(23-21-18(31-13-32-23)8-4-10-30-21)22(24(26,27)28)16-11-14-5-2-7-17(25)20(14)33-19(16)15-6-3-9-29-12-15/h2-13,22H,1H3. The Kier molecular flexibility index (Phi) is 5.49. The molecule has 1 aromatic carbocycles. The van der Waals surface area contributed by atoms with E-state index in [-0.39, 0.29) is 22.6 Å². The molecule has 0 N–H and O–H groups in total. The SMILES string of the molecule is CN(c1ncnc2cccnc12)C(c1cc2cccc(Cl)c2nc1-c1cccnc1)C(F)(F)F. The molecule has 0 aliphatic carbocycles. The van der Waals surface area contributed by atoms with Crippen molar-refractivity contribution >= 4 is 39.4 Å². The molecule has 0 amide bonds. The van der Waals surface area contributed by atoms with Gasteiger partial charge >= 0.3 is 6.18 Å². The van der Waals surface area contributed by atoms with Crippen molar-refractivity contribution in [2.24, 2.45) is 0 Å². The van der Waals surface area contributed by atoms with Crippen LogP contribution in [0.5, 0.6) is 0 Å². The number of halogens is 4. The van der Waals surface area contributed by atoms with Crippen LogP contribution in [0.1, 0.15) is 11.6 Å². The van der Waals surface area contributed by atoms with Crippen LogP contribution in [0.2, 0.25) is 5.02 Å². The molecule has 4 aromatic heterocycles. The first-order chi connectivity index (χ1) is 16.3. The van der Waals surface area contributed by atoms with Crippen LogP contribution in [0, 0.1) is 0 Å². The van der Waals surface area contributed by atoms with Crippen molar-refractivity contribution in [3.63, 3.8) is 0 Å². The molecular formula is C24H16ClF3N6. The largest absolute Gasteiger partial charge is 0.413 e. The van der Waals surface area contributed by atoms with E-state index in [4.69, 9.17) is 11.6 Å². The third kappa shape index (κ3) is 3.88. The van der Waals surface area contributed by atoms with Crippen LogP contribution in [0.25, 0.3) is 33.2 Å². The first-order valence-electron chi connectivity index (χ1n) is 10.2. The highest BCUT2D eigenvalue weighted by atomic mass is 35.5. The highest BCUT2D eigenvalue weighted by Gasteiger charge is 2.46. The summed E-state index contributed by atoms with van der Waals surface area (Å²) in [6.07, 6.45) is 1.06. The summed E-state index contributed by atoms with van der Waals surface area (Å²) in [5.74, 6) is 0.0521. The van der Waals surface area contributed by atoms with Crippen molar-refractivity contribution in [1.82, 2.24) is 24.9 Å². The lowest BCUT2D eigenvalue weighted by molar-refractivity contribution is -0.149. The monoisotopic (exact) mass is 480 g/mol. The molecule has 0 saturated carbocycles. The Morgan fingerprint density at radius 3 is 2.53 bits per heavy atom. The van der Waals surface area contributed by atoms with Crippen LogP contribution < -0.4 is 4.90 Å². The summed E-state index contributed by atoms with van der Waals surface area (Å²) in [5.41, 5.74) is 1.63. The van der Waals surface area contributed by atoms with Gasteiger partial charge in [-0.05, 0) is 36.4 Å². The van der Waals surface area contributed by atoms with E-state index in [1.54, 1.807) is 48.7 Å². The second kappa shape index (κ2) is 8.49. The fourth-order valence-corrected chi connectivity index (χ4v) is 4.21. The number of anilines is 1. The van der Waals surface area contributed by atoms with Crippen LogP contribution in [-0.2, 0) is 0 Å². The number of para-hydroxylation sites is 1. The van der Waals surface area contributed by atoms with Crippen molar-refractivity contribution in [3.05, 3.63) is 84.0 Å². The van der Waals surface area contributed by atoms with E-state index in [0.29, 0.717) is 27.0 Å². The van der Waals surface area contributed by atoms with E-state index in [2.05, 4.69) is 24.9 Å². The smallest absolute Gasteiger partial charge is 0.342 e. The Morgan fingerprint density at radius 2 is 1.76 bits per heavy atom. The number of hydrogen-bond acceptors (Lipinski definition) is 6. The summed E-state index contributed by atoms with van der Waals surface area (Å²) in [5, 5.41) is 0.834. The maximum atomic E-state index is 14.7. The number of aromatic nitrogens is 5. The number of nitrogens with zero attached hydrogens (tertiary/aromatic N) is 6. The topological polar surface area (TPSA) is 67.7 Å². The van der Waals surface area contributed by atoms with Gasteiger partial charge in [-0.3, -0.25) is 9.97 Å². The van der Waals surface area contributed by atoms with Gasteiger partial charge in [0.15, 0.2) is 11.9 Å². The van der Waals surface area contributed by atoms with Gasteiger partial charge in [-0.25, -0.2) is 15.0 Å². The van der Waals surface area contributed by atoms with E-state index >= 15 is 0 Å². The quantitative estimate of drug-likeness (QED) is 0.313. The highest BCUT2D eigenvalue weighted by molar-refractivity contribution is 6.35. The highest BCUT2D eigenvalue weighted by Crippen LogP contribution is 2.44. The zero-order valence-corrected chi connectivity index (χ0v) is 18.5. The minimum atomic E-state index is -4.67. The molecule has 1 atom stereocenters. The van der Waals surface area contributed by atoms with Gasteiger partial charge < -0.3 is 4.90 Å². The molecule has 170 valence electrons. The minimum absolute atomic E-state index is 0.0521. The third-order valence-corrected chi connectivity index (χ3v) is 5.77. The van der Waals surface area contributed by atoms with Crippen LogP contribution in [0.3, 0.4) is 0 Å². The van der Waals surface area contributed by atoms with Crippen LogP contribution >= 0.6 is 11.6 Å². The Balaban J connectivity index is 1.79. The number of pyridine rings is 3. The number of rotatable bonds is 4. The number of hydrogen-bond donors (Lipinski definition) is 0. The average Bonchev–Trinajstić information content (AvgIpc) is 2.83. The zero-order chi connectivity index (χ0) is 23.9. The lowest BCUT2D eigenvalue weighted by Crippen LogP contribution is -2.37. The van der Waals surface area contributed by atoms with E-state index in [1.165, 1.54) is 31.8 Å². The molecule has 1 unspecified atom stereocenters. The Labute approximate surface area is 197 Å². The lowest BCUT2D eigenvalue weighted by Gasteiger charge is -2.32. The molecule has 5 rings (SSSR count). The number of alkyl halides is 3. The van der Waals surface area contributed by atoms with Crippen LogP contribution in [-0.4, -0.2) is 38.1 Å².